The number of halogens is 1. The summed E-state index contributed by atoms with van der Waals surface area (Å²) < 4.78 is 0.990. The minimum Gasteiger partial charge on any atom is -0.871 e. The van der Waals surface area contributed by atoms with Crippen LogP contribution in [-0.2, 0) is 0 Å². The molecule has 1 N–H and O–H groups in total. The van der Waals surface area contributed by atoms with Crippen molar-refractivity contribution in [3.63, 3.8) is 0 Å². The zero-order valence-corrected chi connectivity index (χ0v) is 15.1. The Morgan fingerprint density at radius 2 is 1.88 bits per heavy atom. The maximum Gasteiger partial charge on any atom is 1.00 e. The maximum absolute atomic E-state index is 12.0. The number of rotatable bonds is 2. The topological polar surface area (TPSA) is 46.9 Å². The third kappa shape index (κ3) is 3.50. The average molecular weight is 334 g/mol. The summed E-state index contributed by atoms with van der Waals surface area (Å²) in [5.74, 6) is -0.0418. The Bertz CT molecular complexity index is 536. The molecule has 0 saturated carbocycles. The molecule has 0 atom stereocenters. The summed E-state index contributed by atoms with van der Waals surface area (Å²) in [6.07, 6.45) is 0. The van der Waals surface area contributed by atoms with Crippen molar-refractivity contribution in [2.75, 3.05) is 0 Å². The molecule has 0 unspecified atom stereocenters. The largest absolute Gasteiger partial charge is 1.00 e. The first-order valence-corrected chi connectivity index (χ1v) is 6.37. The van der Waals surface area contributed by atoms with Gasteiger partial charge in [0.15, 0.2) is 0 Å². The van der Waals surface area contributed by atoms with E-state index in [0.717, 1.165) is 10.0 Å². The maximum atomic E-state index is 12.0. The summed E-state index contributed by atoms with van der Waals surface area (Å²) >= 11 is 4.75. The molecule has 0 spiro atoms. The Labute approximate surface area is 155 Å². The van der Waals surface area contributed by atoms with Gasteiger partial charge in [-0.05, 0) is 35.6 Å². The van der Waals surface area contributed by atoms with E-state index < -0.39 is 0 Å². The van der Waals surface area contributed by atoms with Crippen LogP contribution in [0.1, 0.15) is 12.5 Å². The molecular weight excluding hydrogens is 325 g/mol. The van der Waals surface area contributed by atoms with E-state index in [1.54, 1.807) is 12.3 Å². The van der Waals surface area contributed by atoms with Gasteiger partial charge in [0.2, 0.25) is 0 Å². The number of hydrogen-bond donors (Lipinski definition) is 1. The first-order valence-electron chi connectivity index (χ1n) is 4.69. The van der Waals surface area contributed by atoms with Gasteiger partial charge in [0.1, 0.15) is 0 Å². The minimum absolute atomic E-state index is 0. The quantitative estimate of drug-likeness (QED) is 0.636. The summed E-state index contributed by atoms with van der Waals surface area (Å²) in [5, 5.41) is 21.2. The molecule has 1 aromatic heterocycles. The van der Waals surface area contributed by atoms with E-state index in [9.17, 15) is 5.11 Å². The molecule has 17 heavy (non-hydrogen) atoms. The van der Waals surface area contributed by atoms with E-state index >= 15 is 0 Å². The van der Waals surface area contributed by atoms with E-state index in [4.69, 9.17) is 5.41 Å². The third-order valence-corrected chi connectivity index (χ3v) is 3.79. The van der Waals surface area contributed by atoms with Crippen molar-refractivity contribution in [2.24, 2.45) is 0 Å². The van der Waals surface area contributed by atoms with E-state index in [1.807, 2.05) is 24.3 Å². The van der Waals surface area contributed by atoms with Crippen molar-refractivity contribution in [3.8, 4) is 16.2 Å². The summed E-state index contributed by atoms with van der Waals surface area (Å²) in [7, 11) is 0. The molecule has 0 amide bonds. The fraction of sp³-hybridized carbons (Fsp3) is 0.0833. The molecule has 82 valence electrons. The zero-order valence-electron chi connectivity index (χ0n) is 9.58. The van der Waals surface area contributed by atoms with Gasteiger partial charge in [-0.1, -0.05) is 33.8 Å². The molecule has 0 saturated heterocycles. The molecule has 2 aromatic rings. The van der Waals surface area contributed by atoms with Crippen molar-refractivity contribution in [1.29, 1.82) is 5.41 Å². The first-order chi connectivity index (χ1) is 7.59. The predicted octanol–water partition coefficient (Wildman–Crippen LogP) is 0.643. The Morgan fingerprint density at radius 3 is 2.35 bits per heavy atom. The second kappa shape index (κ2) is 6.61. The van der Waals surface area contributed by atoms with Crippen molar-refractivity contribution < 1.29 is 56.5 Å². The van der Waals surface area contributed by atoms with Gasteiger partial charge in [-0.2, -0.15) is 0 Å². The number of hydrogen-bond acceptors (Lipinski definition) is 3. The van der Waals surface area contributed by atoms with Crippen molar-refractivity contribution in [1.82, 2.24) is 0 Å². The molecule has 2 nitrogen and oxygen atoms in total. The van der Waals surface area contributed by atoms with Crippen LogP contribution in [0.2, 0.25) is 0 Å². The number of thiophene rings is 1. The van der Waals surface area contributed by atoms with Crippen LogP contribution in [0.25, 0.3) is 10.4 Å². The predicted molar refractivity (Wildman–Crippen MR) is 69.4 cm³/mol. The second-order valence-corrected chi connectivity index (χ2v) is 5.23. The van der Waals surface area contributed by atoms with Crippen LogP contribution in [0.4, 0.5) is 0 Å². The van der Waals surface area contributed by atoms with Crippen molar-refractivity contribution >= 4 is 33.0 Å². The van der Waals surface area contributed by atoms with Crippen LogP contribution in [0.15, 0.2) is 34.1 Å². The summed E-state index contributed by atoms with van der Waals surface area (Å²) in [6, 6.07) is 7.62. The Kier molecular flexibility index (Phi) is 6.05. The normalized spacial score (nSPS) is 9.76. The second-order valence-electron chi connectivity index (χ2n) is 3.44. The molecule has 1 heterocycles. The molecule has 1 aromatic carbocycles. The molecule has 2 rings (SSSR count). The van der Waals surface area contributed by atoms with Gasteiger partial charge >= 0.3 is 51.4 Å². The van der Waals surface area contributed by atoms with E-state index in [-0.39, 0.29) is 57.1 Å². The zero-order chi connectivity index (χ0) is 11.7. The van der Waals surface area contributed by atoms with E-state index in [1.165, 1.54) is 11.3 Å². The van der Waals surface area contributed by atoms with Crippen molar-refractivity contribution in [2.45, 2.75) is 6.92 Å². The summed E-state index contributed by atoms with van der Waals surface area (Å²) in [4.78, 5) is 0.703. The fourth-order valence-corrected chi connectivity index (χ4v) is 2.68. The molecule has 0 fully saturated rings. The number of benzene rings is 1. The van der Waals surface area contributed by atoms with E-state index in [0.29, 0.717) is 16.2 Å². The smallest absolute Gasteiger partial charge is 0.871 e. The van der Waals surface area contributed by atoms with Gasteiger partial charge in [0, 0.05) is 15.1 Å². The standard InChI is InChI=1S/C12H10BrNOS.K/c1-7(14)10-6-16-12(11(10)15)8-2-4-9(13)5-3-8;/h2-6,14-15H,1H3;/q;+1/p-1. The van der Waals surface area contributed by atoms with Crippen molar-refractivity contribution in [3.05, 3.63) is 39.7 Å². The molecular formula is C12H9BrKNOS. The third-order valence-electron chi connectivity index (χ3n) is 2.26. The van der Waals surface area contributed by atoms with Gasteiger partial charge in [-0.15, -0.1) is 11.3 Å². The Morgan fingerprint density at radius 1 is 1.29 bits per heavy atom. The average Bonchev–Trinajstić information content (AvgIpc) is 2.61. The van der Waals surface area contributed by atoms with Crippen LogP contribution >= 0.6 is 27.3 Å². The van der Waals surface area contributed by atoms with Gasteiger partial charge in [0.25, 0.3) is 0 Å². The Balaban J connectivity index is 0.00000144. The number of nitrogens with one attached hydrogen (secondary N) is 1. The van der Waals surface area contributed by atoms with Crippen LogP contribution in [0.5, 0.6) is 5.75 Å². The molecule has 0 radical (unpaired) electrons. The van der Waals surface area contributed by atoms with E-state index in [2.05, 4.69) is 15.9 Å². The minimum atomic E-state index is -0.0418. The SMILES string of the molecule is CC(=N)c1csc(-c2ccc(Br)cc2)c1[O-].[K+]. The molecule has 0 aliphatic carbocycles. The monoisotopic (exact) mass is 333 g/mol. The first kappa shape index (κ1) is 15.6. The van der Waals surface area contributed by atoms with Gasteiger partial charge < -0.3 is 10.5 Å². The molecule has 5 heteroatoms. The van der Waals surface area contributed by atoms with Crippen LogP contribution in [0.3, 0.4) is 0 Å². The van der Waals surface area contributed by atoms with Crippen LogP contribution < -0.4 is 56.5 Å². The fourth-order valence-electron chi connectivity index (χ4n) is 1.41. The van der Waals surface area contributed by atoms with Crippen LogP contribution in [-0.4, -0.2) is 5.71 Å². The van der Waals surface area contributed by atoms with Gasteiger partial charge in [0.05, 0.1) is 0 Å². The molecule has 0 aliphatic heterocycles. The van der Waals surface area contributed by atoms with Gasteiger partial charge in [-0.3, -0.25) is 0 Å². The van der Waals surface area contributed by atoms with Gasteiger partial charge in [-0.25, -0.2) is 0 Å². The summed E-state index contributed by atoms with van der Waals surface area (Å²) in [5.41, 5.74) is 1.73. The van der Waals surface area contributed by atoms with Crippen LogP contribution in [0, 0.1) is 5.41 Å². The Hall–Kier alpha value is 0.506. The molecule has 0 bridgehead atoms. The summed E-state index contributed by atoms with van der Waals surface area (Å²) in [6.45, 7) is 1.63. The molecule has 0 aliphatic rings.